The molecule has 2 N–H and O–H groups in total. The minimum atomic E-state index is -0.268. The van der Waals surface area contributed by atoms with Crippen molar-refractivity contribution in [3.05, 3.63) is 77.9 Å². The molecule has 0 radical (unpaired) electrons. The summed E-state index contributed by atoms with van der Waals surface area (Å²) in [5.74, 6) is 1.00. The molecule has 1 amide bonds. The van der Waals surface area contributed by atoms with Gasteiger partial charge in [-0.3, -0.25) is 10.1 Å². The number of alkyl halides is 1. The Hall–Kier alpha value is -3.31. The monoisotopic (exact) mass is 391 g/mol. The van der Waals surface area contributed by atoms with E-state index in [9.17, 15) is 4.79 Å². The van der Waals surface area contributed by atoms with E-state index in [2.05, 4.69) is 15.3 Å². The van der Waals surface area contributed by atoms with Gasteiger partial charge in [-0.25, -0.2) is 4.98 Å². The Morgan fingerprint density at radius 1 is 1.07 bits per heavy atom. The Labute approximate surface area is 167 Å². The number of hydrogen-bond donors (Lipinski definition) is 2. The number of imidazole rings is 1. The lowest BCUT2D eigenvalue weighted by atomic mass is 10.0. The number of aromatic nitrogens is 2. The number of fused-ring (bicyclic) bond motifs is 1. The minimum absolute atomic E-state index is 0.260. The smallest absolute Gasteiger partial charge is 0.258 e. The summed E-state index contributed by atoms with van der Waals surface area (Å²) in [7, 11) is 1.60. The normalized spacial score (nSPS) is 10.8. The van der Waals surface area contributed by atoms with Crippen LogP contribution in [-0.2, 0) is 5.88 Å². The lowest BCUT2D eigenvalue weighted by Crippen LogP contribution is -2.14. The molecule has 4 rings (SSSR count). The maximum Gasteiger partial charge on any atom is 0.258 e. The van der Waals surface area contributed by atoms with Crippen molar-refractivity contribution in [1.29, 1.82) is 0 Å². The summed E-state index contributed by atoms with van der Waals surface area (Å²) < 4.78 is 5.46. The van der Waals surface area contributed by atoms with Gasteiger partial charge < -0.3 is 9.72 Å². The molecule has 0 atom stereocenters. The third-order valence-corrected chi connectivity index (χ3v) is 4.84. The molecule has 6 heteroatoms. The van der Waals surface area contributed by atoms with Crippen LogP contribution in [0.5, 0.6) is 5.75 Å². The highest BCUT2D eigenvalue weighted by Gasteiger charge is 2.16. The van der Waals surface area contributed by atoms with Gasteiger partial charge in [-0.2, -0.15) is 0 Å². The van der Waals surface area contributed by atoms with Crippen LogP contribution >= 0.6 is 11.6 Å². The zero-order chi connectivity index (χ0) is 19.5. The maximum atomic E-state index is 12.7. The Balaban J connectivity index is 1.76. The highest BCUT2D eigenvalue weighted by atomic mass is 35.5. The van der Waals surface area contributed by atoms with Crippen molar-refractivity contribution in [3.8, 4) is 16.9 Å². The van der Waals surface area contributed by atoms with E-state index in [0.29, 0.717) is 17.3 Å². The molecule has 0 spiro atoms. The summed E-state index contributed by atoms with van der Waals surface area (Å²) in [4.78, 5) is 20.5. The number of rotatable bonds is 5. The fraction of sp³-hybridized carbons (Fsp3) is 0.0909. The second-order valence-corrected chi connectivity index (χ2v) is 6.50. The van der Waals surface area contributed by atoms with Gasteiger partial charge in [0.2, 0.25) is 5.95 Å². The molecule has 0 aliphatic heterocycles. The van der Waals surface area contributed by atoms with E-state index in [1.807, 2.05) is 54.6 Å². The van der Waals surface area contributed by atoms with Crippen molar-refractivity contribution in [2.24, 2.45) is 0 Å². The number of methoxy groups -OCH3 is 1. The summed E-state index contributed by atoms with van der Waals surface area (Å²) in [6.07, 6.45) is 0. The molecule has 0 aliphatic carbocycles. The molecule has 0 fully saturated rings. The molecule has 0 unspecified atom stereocenters. The van der Waals surface area contributed by atoms with Crippen LogP contribution in [0.2, 0.25) is 0 Å². The number of ether oxygens (including phenoxy) is 1. The summed E-state index contributed by atoms with van der Waals surface area (Å²) in [6.45, 7) is 0. The predicted octanol–water partition coefficient (Wildman–Crippen LogP) is 5.23. The van der Waals surface area contributed by atoms with Gasteiger partial charge in [-0.05, 0) is 29.3 Å². The number of carbonyl (C=O) groups is 1. The number of nitrogens with zero attached hydrogens (tertiary/aromatic N) is 1. The molecule has 1 aromatic heterocycles. The topological polar surface area (TPSA) is 67.0 Å². The third-order valence-electron chi connectivity index (χ3n) is 4.55. The van der Waals surface area contributed by atoms with Gasteiger partial charge >= 0.3 is 0 Å². The third kappa shape index (κ3) is 3.32. The van der Waals surface area contributed by atoms with Crippen molar-refractivity contribution in [1.82, 2.24) is 9.97 Å². The Bertz CT molecular complexity index is 1140. The number of H-pyrrole nitrogens is 1. The van der Waals surface area contributed by atoms with Crippen LogP contribution in [0.3, 0.4) is 0 Å². The molecule has 140 valence electrons. The molecule has 3 aromatic carbocycles. The second-order valence-electron chi connectivity index (χ2n) is 6.24. The van der Waals surface area contributed by atoms with E-state index in [4.69, 9.17) is 16.3 Å². The molecule has 1 heterocycles. The van der Waals surface area contributed by atoms with Gasteiger partial charge in [0.15, 0.2) is 0 Å². The quantitative estimate of drug-likeness (QED) is 0.458. The van der Waals surface area contributed by atoms with Crippen molar-refractivity contribution in [2.75, 3.05) is 12.4 Å². The zero-order valence-electron chi connectivity index (χ0n) is 15.2. The molecule has 0 bridgehead atoms. The Kier molecular flexibility index (Phi) is 5.00. The average Bonchev–Trinajstić information content (AvgIpc) is 3.17. The fourth-order valence-corrected chi connectivity index (χ4v) is 3.41. The molecule has 0 aliphatic rings. The first-order valence-electron chi connectivity index (χ1n) is 8.78. The van der Waals surface area contributed by atoms with Crippen LogP contribution in [-0.4, -0.2) is 23.0 Å². The van der Waals surface area contributed by atoms with E-state index in [1.165, 1.54) is 0 Å². The number of amides is 1. The molecule has 4 aromatic rings. The molecule has 0 saturated carbocycles. The molecular formula is C22H18ClN3O2. The van der Waals surface area contributed by atoms with E-state index in [-0.39, 0.29) is 11.8 Å². The highest BCUT2D eigenvalue weighted by molar-refractivity contribution is 6.18. The first-order chi connectivity index (χ1) is 13.7. The summed E-state index contributed by atoms with van der Waals surface area (Å²) in [5, 5.41) is 2.83. The fourth-order valence-electron chi connectivity index (χ4n) is 3.18. The van der Waals surface area contributed by atoms with Crippen LogP contribution < -0.4 is 10.1 Å². The number of halogens is 1. The van der Waals surface area contributed by atoms with Crippen LogP contribution in [0.1, 0.15) is 15.9 Å². The van der Waals surface area contributed by atoms with Gasteiger partial charge in [0, 0.05) is 17.0 Å². The van der Waals surface area contributed by atoms with Crippen molar-refractivity contribution >= 4 is 34.5 Å². The predicted molar refractivity (Wildman–Crippen MR) is 112 cm³/mol. The first-order valence-corrected chi connectivity index (χ1v) is 9.32. The second kappa shape index (κ2) is 7.74. The van der Waals surface area contributed by atoms with Crippen molar-refractivity contribution < 1.29 is 9.53 Å². The van der Waals surface area contributed by atoms with Gasteiger partial charge in [-0.1, -0.05) is 48.5 Å². The number of benzene rings is 3. The number of nitrogens with one attached hydrogen (secondary N) is 2. The van der Waals surface area contributed by atoms with Crippen LogP contribution in [0.15, 0.2) is 66.7 Å². The lowest BCUT2D eigenvalue weighted by Gasteiger charge is -2.06. The van der Waals surface area contributed by atoms with E-state index in [1.54, 1.807) is 19.2 Å². The molecule has 5 nitrogen and oxygen atoms in total. The zero-order valence-corrected chi connectivity index (χ0v) is 16.0. The summed E-state index contributed by atoms with van der Waals surface area (Å²) >= 11 is 5.95. The highest BCUT2D eigenvalue weighted by Crippen LogP contribution is 2.34. The Morgan fingerprint density at radius 2 is 1.82 bits per heavy atom. The maximum absolute atomic E-state index is 12.7. The van der Waals surface area contributed by atoms with Gasteiger partial charge in [-0.15, -0.1) is 11.6 Å². The van der Waals surface area contributed by atoms with Crippen LogP contribution in [0, 0.1) is 0 Å². The van der Waals surface area contributed by atoms with Crippen molar-refractivity contribution in [3.63, 3.8) is 0 Å². The standard InChI is InChI=1S/C22H18ClN3O2/c1-28-18-12-11-16(14-7-3-2-4-8-14)19-20(18)25-22(24-19)26-21(27)17-10-6-5-9-15(17)13-23/h2-12H,13H2,1H3,(H2,24,25,26,27). The lowest BCUT2D eigenvalue weighted by molar-refractivity contribution is 0.102. The van der Waals surface area contributed by atoms with Crippen LogP contribution in [0.4, 0.5) is 5.95 Å². The number of hydrogen-bond acceptors (Lipinski definition) is 3. The number of anilines is 1. The summed E-state index contributed by atoms with van der Waals surface area (Å²) in [5.41, 5.74) is 4.73. The molecular weight excluding hydrogens is 374 g/mol. The van der Waals surface area contributed by atoms with Gasteiger partial charge in [0.1, 0.15) is 16.8 Å². The van der Waals surface area contributed by atoms with E-state index >= 15 is 0 Å². The Morgan fingerprint density at radius 3 is 2.57 bits per heavy atom. The molecule has 28 heavy (non-hydrogen) atoms. The first kappa shape index (κ1) is 18.1. The summed E-state index contributed by atoms with van der Waals surface area (Å²) in [6, 6.07) is 21.0. The SMILES string of the molecule is COc1ccc(-c2ccccc2)c2nc(NC(=O)c3ccccc3CCl)[nH]c12. The van der Waals surface area contributed by atoms with Crippen LogP contribution in [0.25, 0.3) is 22.2 Å². The molecule has 0 saturated heterocycles. The largest absolute Gasteiger partial charge is 0.494 e. The number of aromatic amines is 1. The minimum Gasteiger partial charge on any atom is -0.494 e. The van der Waals surface area contributed by atoms with Gasteiger partial charge in [0.05, 0.1) is 7.11 Å². The van der Waals surface area contributed by atoms with E-state index < -0.39 is 0 Å². The number of carbonyl (C=O) groups excluding carboxylic acids is 1. The van der Waals surface area contributed by atoms with Gasteiger partial charge in [0.25, 0.3) is 5.91 Å². The van der Waals surface area contributed by atoms with Crippen molar-refractivity contribution in [2.45, 2.75) is 5.88 Å². The van der Waals surface area contributed by atoms with E-state index in [0.717, 1.165) is 27.7 Å². The average molecular weight is 392 g/mol.